The van der Waals surface area contributed by atoms with Crippen molar-refractivity contribution in [3.63, 3.8) is 0 Å². The summed E-state index contributed by atoms with van der Waals surface area (Å²) in [5.74, 6) is -0.445. The Bertz CT molecular complexity index is 547. The maximum absolute atomic E-state index is 10.7. The lowest BCUT2D eigenvalue weighted by Crippen LogP contribution is -2.05. The summed E-state index contributed by atoms with van der Waals surface area (Å²) in [6, 6.07) is 11.8. The lowest BCUT2D eigenvalue weighted by Gasteiger charge is -2.02. The average molecular weight is 224 g/mol. The molecule has 0 bridgehead atoms. The molecule has 2 rings (SSSR count). The Morgan fingerprint density at radius 2 is 1.88 bits per heavy atom. The van der Waals surface area contributed by atoms with E-state index in [1.807, 2.05) is 36.4 Å². The molecule has 3 nitrogen and oxygen atoms in total. The molecule has 1 aromatic carbocycles. The van der Waals surface area contributed by atoms with E-state index >= 15 is 0 Å². The lowest BCUT2D eigenvalue weighted by molar-refractivity contribution is -0.113. The number of pyridine rings is 1. The van der Waals surface area contributed by atoms with Gasteiger partial charge in [0.1, 0.15) is 0 Å². The number of nitrogens with zero attached hydrogens (tertiary/aromatic N) is 1. The second-order valence-electron chi connectivity index (χ2n) is 3.60. The number of carbonyl (C=O) groups is 1. The number of nitrogens with two attached hydrogens (primary N) is 1. The van der Waals surface area contributed by atoms with Crippen molar-refractivity contribution in [1.82, 2.24) is 4.98 Å². The Labute approximate surface area is 99.6 Å². The van der Waals surface area contributed by atoms with Gasteiger partial charge in [0.05, 0.1) is 0 Å². The molecule has 0 unspecified atom stereocenters. The van der Waals surface area contributed by atoms with E-state index in [0.29, 0.717) is 0 Å². The molecule has 0 aliphatic heterocycles. The van der Waals surface area contributed by atoms with Crippen molar-refractivity contribution in [1.29, 1.82) is 0 Å². The highest BCUT2D eigenvalue weighted by Crippen LogP contribution is 2.19. The first-order valence-corrected chi connectivity index (χ1v) is 5.24. The standard InChI is InChI=1S/C14H12N2O/c15-14(17)5-4-11-2-1-3-13(10-11)12-6-8-16-9-7-12/h1-10H,(H2,15,17)/b5-4-. The fraction of sp³-hybridized carbons (Fsp3) is 0. The van der Waals surface area contributed by atoms with Crippen LogP contribution in [0.25, 0.3) is 17.2 Å². The second kappa shape index (κ2) is 5.07. The zero-order chi connectivity index (χ0) is 12.1. The maximum Gasteiger partial charge on any atom is 0.241 e. The lowest BCUT2D eigenvalue weighted by atomic mass is 10.0. The monoisotopic (exact) mass is 224 g/mol. The Morgan fingerprint density at radius 3 is 2.59 bits per heavy atom. The average Bonchev–Trinajstić information content (AvgIpc) is 2.38. The van der Waals surface area contributed by atoms with Crippen LogP contribution in [0.1, 0.15) is 5.56 Å². The highest BCUT2D eigenvalue weighted by Gasteiger charge is 1.97. The Hall–Kier alpha value is -2.42. The molecule has 1 heterocycles. The van der Waals surface area contributed by atoms with Crippen molar-refractivity contribution in [3.8, 4) is 11.1 Å². The van der Waals surface area contributed by atoms with Crippen LogP contribution in [0, 0.1) is 0 Å². The first-order chi connectivity index (χ1) is 8.25. The van der Waals surface area contributed by atoms with Gasteiger partial charge in [-0.3, -0.25) is 9.78 Å². The number of hydrogen-bond donors (Lipinski definition) is 1. The molecule has 0 aliphatic rings. The van der Waals surface area contributed by atoms with Crippen LogP contribution in [0.5, 0.6) is 0 Å². The molecule has 1 amide bonds. The van der Waals surface area contributed by atoms with Crippen LogP contribution >= 0.6 is 0 Å². The van der Waals surface area contributed by atoms with Crippen molar-refractivity contribution in [2.75, 3.05) is 0 Å². The number of primary amides is 1. The van der Waals surface area contributed by atoms with Crippen molar-refractivity contribution < 1.29 is 4.79 Å². The first-order valence-electron chi connectivity index (χ1n) is 5.24. The van der Waals surface area contributed by atoms with Crippen LogP contribution < -0.4 is 5.73 Å². The van der Waals surface area contributed by atoms with Gasteiger partial charge in [-0.15, -0.1) is 0 Å². The summed E-state index contributed by atoms with van der Waals surface area (Å²) in [5, 5.41) is 0. The van der Waals surface area contributed by atoms with E-state index in [1.165, 1.54) is 6.08 Å². The van der Waals surface area contributed by atoms with E-state index in [2.05, 4.69) is 4.98 Å². The summed E-state index contributed by atoms with van der Waals surface area (Å²) in [6.45, 7) is 0. The van der Waals surface area contributed by atoms with Gasteiger partial charge in [-0.1, -0.05) is 18.2 Å². The Morgan fingerprint density at radius 1 is 1.12 bits per heavy atom. The topological polar surface area (TPSA) is 56.0 Å². The minimum Gasteiger partial charge on any atom is -0.366 e. The van der Waals surface area contributed by atoms with Gasteiger partial charge >= 0.3 is 0 Å². The molecule has 1 aromatic heterocycles. The third-order valence-electron chi connectivity index (χ3n) is 2.34. The number of amides is 1. The highest BCUT2D eigenvalue weighted by molar-refractivity contribution is 5.90. The molecule has 2 aromatic rings. The minimum absolute atomic E-state index is 0.445. The minimum atomic E-state index is -0.445. The molecule has 2 N–H and O–H groups in total. The molecule has 0 radical (unpaired) electrons. The molecule has 0 saturated heterocycles. The van der Waals surface area contributed by atoms with E-state index in [4.69, 9.17) is 5.73 Å². The van der Waals surface area contributed by atoms with E-state index < -0.39 is 5.91 Å². The van der Waals surface area contributed by atoms with Gasteiger partial charge < -0.3 is 5.73 Å². The third-order valence-corrected chi connectivity index (χ3v) is 2.34. The zero-order valence-corrected chi connectivity index (χ0v) is 9.21. The maximum atomic E-state index is 10.7. The van der Waals surface area contributed by atoms with Crippen molar-refractivity contribution in [2.24, 2.45) is 5.73 Å². The van der Waals surface area contributed by atoms with E-state index in [9.17, 15) is 4.79 Å². The quantitative estimate of drug-likeness (QED) is 0.813. The van der Waals surface area contributed by atoms with Gasteiger partial charge in [-0.25, -0.2) is 0 Å². The van der Waals surface area contributed by atoms with Gasteiger partial charge in [0.25, 0.3) is 0 Å². The van der Waals surface area contributed by atoms with Crippen LogP contribution in [-0.2, 0) is 4.79 Å². The molecular weight excluding hydrogens is 212 g/mol. The van der Waals surface area contributed by atoms with Gasteiger partial charge in [-0.2, -0.15) is 0 Å². The summed E-state index contributed by atoms with van der Waals surface area (Å²) < 4.78 is 0. The van der Waals surface area contributed by atoms with Crippen molar-refractivity contribution in [3.05, 3.63) is 60.4 Å². The smallest absolute Gasteiger partial charge is 0.241 e. The van der Waals surface area contributed by atoms with E-state index in [1.54, 1.807) is 18.5 Å². The van der Waals surface area contributed by atoms with Crippen LogP contribution in [0.3, 0.4) is 0 Å². The largest absolute Gasteiger partial charge is 0.366 e. The summed E-state index contributed by atoms with van der Waals surface area (Å²) in [6.07, 6.45) is 6.56. The molecular formula is C14H12N2O. The van der Waals surface area contributed by atoms with E-state index in [0.717, 1.165) is 16.7 Å². The number of hydrogen-bond acceptors (Lipinski definition) is 2. The normalized spacial score (nSPS) is 10.6. The van der Waals surface area contributed by atoms with Crippen LogP contribution in [-0.4, -0.2) is 10.9 Å². The summed E-state index contributed by atoms with van der Waals surface area (Å²) in [5.41, 5.74) is 8.17. The number of rotatable bonds is 3. The van der Waals surface area contributed by atoms with Crippen molar-refractivity contribution in [2.45, 2.75) is 0 Å². The number of carbonyl (C=O) groups excluding carboxylic acids is 1. The fourth-order valence-corrected chi connectivity index (χ4v) is 1.54. The van der Waals surface area contributed by atoms with Gasteiger partial charge in [0, 0.05) is 18.5 Å². The molecule has 3 heteroatoms. The van der Waals surface area contributed by atoms with E-state index in [-0.39, 0.29) is 0 Å². The molecule has 17 heavy (non-hydrogen) atoms. The van der Waals surface area contributed by atoms with Crippen LogP contribution in [0.15, 0.2) is 54.9 Å². The summed E-state index contributed by atoms with van der Waals surface area (Å²) >= 11 is 0. The van der Waals surface area contributed by atoms with Crippen LogP contribution in [0.2, 0.25) is 0 Å². The van der Waals surface area contributed by atoms with Gasteiger partial charge in [0.2, 0.25) is 5.91 Å². The van der Waals surface area contributed by atoms with Gasteiger partial charge in [-0.05, 0) is 41.0 Å². The number of aromatic nitrogens is 1. The van der Waals surface area contributed by atoms with Crippen molar-refractivity contribution >= 4 is 12.0 Å². The fourth-order valence-electron chi connectivity index (χ4n) is 1.54. The molecule has 0 aliphatic carbocycles. The SMILES string of the molecule is NC(=O)/C=C\c1cccc(-c2ccncc2)c1. The molecule has 0 fully saturated rings. The Balaban J connectivity index is 2.32. The molecule has 0 saturated carbocycles. The van der Waals surface area contributed by atoms with Crippen LogP contribution in [0.4, 0.5) is 0 Å². The second-order valence-corrected chi connectivity index (χ2v) is 3.60. The predicted molar refractivity (Wildman–Crippen MR) is 67.9 cm³/mol. The zero-order valence-electron chi connectivity index (χ0n) is 9.21. The molecule has 0 atom stereocenters. The molecule has 84 valence electrons. The number of benzene rings is 1. The Kier molecular flexibility index (Phi) is 3.31. The summed E-state index contributed by atoms with van der Waals surface area (Å²) in [7, 11) is 0. The summed E-state index contributed by atoms with van der Waals surface area (Å²) in [4.78, 5) is 14.6. The predicted octanol–water partition coefficient (Wildman–Crippen LogP) is 2.25. The molecule has 0 spiro atoms. The third kappa shape index (κ3) is 3.01. The first kappa shape index (κ1) is 11.1. The van der Waals surface area contributed by atoms with Gasteiger partial charge in [0.15, 0.2) is 0 Å². The highest BCUT2D eigenvalue weighted by atomic mass is 16.1.